The average molecular weight is 377 g/mol. The van der Waals surface area contributed by atoms with Crippen LogP contribution < -0.4 is 10.6 Å². The maximum atomic E-state index is 6.03. The van der Waals surface area contributed by atoms with E-state index in [0.29, 0.717) is 12.6 Å². The molecule has 0 saturated carbocycles. The van der Waals surface area contributed by atoms with Gasteiger partial charge in [-0.05, 0) is 25.8 Å². The summed E-state index contributed by atoms with van der Waals surface area (Å²) < 4.78 is 13.1. The van der Waals surface area contributed by atoms with E-state index in [2.05, 4.69) is 30.6 Å². The zero-order valence-electron chi connectivity index (χ0n) is 16.4. The summed E-state index contributed by atoms with van der Waals surface area (Å²) in [4.78, 5) is 11.5. The Morgan fingerprint density at radius 3 is 3.15 bits per heavy atom. The molecule has 0 amide bonds. The third kappa shape index (κ3) is 4.41. The molecule has 0 aliphatic carbocycles. The van der Waals surface area contributed by atoms with E-state index in [0.717, 1.165) is 56.7 Å². The quantitative estimate of drug-likeness (QED) is 0.541. The van der Waals surface area contributed by atoms with Crippen LogP contribution in [0.3, 0.4) is 0 Å². The number of nitrogens with zero attached hydrogens (tertiary/aromatic N) is 5. The molecule has 0 bridgehead atoms. The Morgan fingerprint density at radius 1 is 1.37 bits per heavy atom. The third-order valence-electron chi connectivity index (χ3n) is 5.70. The second-order valence-corrected chi connectivity index (χ2v) is 7.64. The molecule has 0 aromatic carbocycles. The van der Waals surface area contributed by atoms with E-state index in [9.17, 15) is 0 Å². The highest BCUT2D eigenvalue weighted by atomic mass is 16.5. The van der Waals surface area contributed by atoms with Crippen molar-refractivity contribution in [2.75, 3.05) is 40.4 Å². The van der Waals surface area contributed by atoms with Crippen molar-refractivity contribution in [2.45, 2.75) is 57.0 Å². The molecule has 4 rings (SSSR count). The molecule has 27 heavy (non-hydrogen) atoms. The number of ether oxygens (including phenoxy) is 2. The van der Waals surface area contributed by atoms with Crippen LogP contribution in [0.1, 0.15) is 30.9 Å². The Bertz CT molecular complexity index is 662. The standard InChI is InChI=1S/C18H31N7O2/c1-19-18(20-8-15-10-24-7-3-4-14(24)11-27-15)21-13-5-6-17-22-16(12-26-2)23-25(17)9-13/h13-15H,3-12H2,1-2H3,(H2,19,20,21). The van der Waals surface area contributed by atoms with Gasteiger partial charge < -0.3 is 20.1 Å². The number of hydrogen-bond acceptors (Lipinski definition) is 6. The number of methoxy groups -OCH3 is 1. The van der Waals surface area contributed by atoms with E-state index in [4.69, 9.17) is 9.47 Å². The second kappa shape index (κ2) is 8.53. The molecule has 3 aliphatic rings. The molecule has 9 nitrogen and oxygen atoms in total. The minimum absolute atomic E-state index is 0.225. The summed E-state index contributed by atoms with van der Waals surface area (Å²) in [5.74, 6) is 2.62. The molecule has 9 heteroatoms. The van der Waals surface area contributed by atoms with Gasteiger partial charge >= 0.3 is 0 Å². The van der Waals surface area contributed by atoms with Crippen molar-refractivity contribution < 1.29 is 9.47 Å². The molecule has 1 aromatic rings. The predicted octanol–water partition coefficient (Wildman–Crippen LogP) is -0.232. The summed E-state index contributed by atoms with van der Waals surface area (Å²) in [6.45, 7) is 5.12. The van der Waals surface area contributed by atoms with E-state index in [-0.39, 0.29) is 12.1 Å². The highest BCUT2D eigenvalue weighted by Gasteiger charge is 2.32. The first-order valence-corrected chi connectivity index (χ1v) is 9.99. The van der Waals surface area contributed by atoms with Crippen LogP contribution in [-0.2, 0) is 29.0 Å². The number of aromatic nitrogens is 3. The maximum Gasteiger partial charge on any atom is 0.191 e. The lowest BCUT2D eigenvalue weighted by Crippen LogP contribution is -2.53. The van der Waals surface area contributed by atoms with Gasteiger partial charge in [-0.1, -0.05) is 0 Å². The molecule has 150 valence electrons. The smallest absolute Gasteiger partial charge is 0.191 e. The van der Waals surface area contributed by atoms with Gasteiger partial charge in [0.15, 0.2) is 11.8 Å². The first-order chi connectivity index (χ1) is 13.2. The Hall–Kier alpha value is -1.71. The SMILES string of the molecule is CN=C(NCC1CN2CCCC2CO1)NC1CCc2nc(COC)nn2C1. The van der Waals surface area contributed by atoms with Crippen LogP contribution in [0.25, 0.3) is 0 Å². The lowest BCUT2D eigenvalue weighted by atomic mass is 10.1. The van der Waals surface area contributed by atoms with E-state index in [1.807, 2.05) is 11.7 Å². The van der Waals surface area contributed by atoms with Gasteiger partial charge in [-0.25, -0.2) is 9.67 Å². The average Bonchev–Trinajstić information content (AvgIpc) is 3.30. The van der Waals surface area contributed by atoms with Crippen LogP contribution in [0.5, 0.6) is 0 Å². The van der Waals surface area contributed by atoms with E-state index in [1.54, 1.807) is 7.11 Å². The van der Waals surface area contributed by atoms with Crippen molar-refractivity contribution in [2.24, 2.45) is 4.99 Å². The number of guanidine groups is 1. The van der Waals surface area contributed by atoms with Gasteiger partial charge in [-0.3, -0.25) is 9.89 Å². The highest BCUT2D eigenvalue weighted by molar-refractivity contribution is 5.80. The fraction of sp³-hybridized carbons (Fsp3) is 0.833. The monoisotopic (exact) mass is 377 g/mol. The van der Waals surface area contributed by atoms with E-state index < -0.39 is 0 Å². The molecule has 0 spiro atoms. The van der Waals surface area contributed by atoms with Crippen LogP contribution in [0.4, 0.5) is 0 Å². The molecule has 0 radical (unpaired) electrons. The zero-order chi connectivity index (χ0) is 18.6. The van der Waals surface area contributed by atoms with Crippen molar-refractivity contribution in [1.82, 2.24) is 30.3 Å². The Labute approximate surface area is 160 Å². The lowest BCUT2D eigenvalue weighted by Gasteiger charge is -2.35. The Kier molecular flexibility index (Phi) is 5.89. The van der Waals surface area contributed by atoms with E-state index in [1.165, 1.54) is 19.4 Å². The van der Waals surface area contributed by atoms with Crippen LogP contribution in [0.15, 0.2) is 4.99 Å². The van der Waals surface area contributed by atoms with Gasteiger partial charge in [0.1, 0.15) is 12.4 Å². The summed E-state index contributed by atoms with van der Waals surface area (Å²) >= 11 is 0. The largest absolute Gasteiger partial charge is 0.377 e. The van der Waals surface area contributed by atoms with Gasteiger partial charge in [0.25, 0.3) is 0 Å². The summed E-state index contributed by atoms with van der Waals surface area (Å²) in [5, 5.41) is 11.5. The number of aryl methyl sites for hydroxylation is 1. The Balaban J connectivity index is 1.25. The second-order valence-electron chi connectivity index (χ2n) is 7.64. The number of morpholine rings is 1. The maximum absolute atomic E-state index is 6.03. The summed E-state index contributed by atoms with van der Waals surface area (Å²) in [5.41, 5.74) is 0. The van der Waals surface area contributed by atoms with Crippen molar-refractivity contribution in [3.8, 4) is 0 Å². The van der Waals surface area contributed by atoms with E-state index >= 15 is 0 Å². The molecule has 3 atom stereocenters. The van der Waals surface area contributed by atoms with Crippen molar-refractivity contribution in [3.05, 3.63) is 11.6 Å². The summed E-state index contributed by atoms with van der Waals surface area (Å²) in [6.07, 6.45) is 4.73. The fourth-order valence-electron chi connectivity index (χ4n) is 4.28. The Morgan fingerprint density at radius 2 is 2.30 bits per heavy atom. The molecule has 4 heterocycles. The first-order valence-electron chi connectivity index (χ1n) is 9.99. The lowest BCUT2D eigenvalue weighted by molar-refractivity contribution is -0.0453. The van der Waals surface area contributed by atoms with Crippen LogP contribution in [0, 0.1) is 0 Å². The normalized spacial score (nSPS) is 28.7. The van der Waals surface area contributed by atoms with Crippen LogP contribution >= 0.6 is 0 Å². The van der Waals surface area contributed by atoms with Gasteiger partial charge in [-0.2, -0.15) is 5.10 Å². The minimum atomic E-state index is 0.225. The number of hydrogen-bond donors (Lipinski definition) is 2. The highest BCUT2D eigenvalue weighted by Crippen LogP contribution is 2.22. The molecular formula is C18H31N7O2. The number of aliphatic imine (C=N–C) groups is 1. The zero-order valence-corrected chi connectivity index (χ0v) is 16.4. The number of rotatable bonds is 5. The predicted molar refractivity (Wildman–Crippen MR) is 102 cm³/mol. The molecule has 1 aromatic heterocycles. The molecule has 2 saturated heterocycles. The molecule has 2 fully saturated rings. The molecule has 3 unspecified atom stereocenters. The number of nitrogens with one attached hydrogen (secondary N) is 2. The summed E-state index contributed by atoms with van der Waals surface area (Å²) in [7, 11) is 3.48. The minimum Gasteiger partial charge on any atom is -0.377 e. The van der Waals surface area contributed by atoms with Crippen LogP contribution in [0.2, 0.25) is 0 Å². The van der Waals surface area contributed by atoms with Crippen LogP contribution in [-0.4, -0.2) is 84.2 Å². The first kappa shape index (κ1) is 18.6. The van der Waals surface area contributed by atoms with Gasteiger partial charge in [0.2, 0.25) is 0 Å². The van der Waals surface area contributed by atoms with Gasteiger partial charge in [0.05, 0.1) is 19.3 Å². The van der Waals surface area contributed by atoms with Crippen molar-refractivity contribution in [1.29, 1.82) is 0 Å². The van der Waals surface area contributed by atoms with Gasteiger partial charge in [-0.15, -0.1) is 0 Å². The molecule has 2 N–H and O–H groups in total. The third-order valence-corrected chi connectivity index (χ3v) is 5.70. The number of fused-ring (bicyclic) bond motifs is 2. The van der Waals surface area contributed by atoms with Crippen molar-refractivity contribution >= 4 is 5.96 Å². The fourth-order valence-corrected chi connectivity index (χ4v) is 4.28. The molecule has 3 aliphatic heterocycles. The molecular weight excluding hydrogens is 346 g/mol. The summed E-state index contributed by atoms with van der Waals surface area (Å²) in [6, 6.07) is 0.928. The van der Waals surface area contributed by atoms with Crippen molar-refractivity contribution in [3.63, 3.8) is 0 Å². The van der Waals surface area contributed by atoms with Gasteiger partial charge in [0, 0.05) is 45.8 Å². The topological polar surface area (TPSA) is 88.8 Å².